The molecule has 5 heteroatoms. The molecule has 4 aromatic rings. The van der Waals surface area contributed by atoms with Crippen LogP contribution in [-0.4, -0.2) is 14.8 Å². The van der Waals surface area contributed by atoms with E-state index in [0.717, 1.165) is 5.69 Å². The molecule has 0 radical (unpaired) electrons. The average molecular weight is 355 g/mol. The van der Waals surface area contributed by atoms with E-state index in [1.807, 2.05) is 71.4 Å². The van der Waals surface area contributed by atoms with Gasteiger partial charge in [-0.1, -0.05) is 78.9 Å². The third kappa shape index (κ3) is 4.33. The quantitative estimate of drug-likeness (QED) is 0.513. The molecule has 0 aliphatic heterocycles. The zero-order valence-corrected chi connectivity index (χ0v) is 14.9. The standard InChI is InChI=1S/C22H21N5/c1-4-10-18(11-5-1)16-23-21-25-22(24-17-19-12-6-2-7-13-19)27(26-21)20-14-8-3-9-15-20/h1-15H,16-17H2,(H2,23,24,25,26). The Morgan fingerprint density at radius 1 is 0.630 bits per heavy atom. The van der Waals surface area contributed by atoms with Crippen molar-refractivity contribution in [1.29, 1.82) is 0 Å². The van der Waals surface area contributed by atoms with Crippen LogP contribution in [-0.2, 0) is 13.1 Å². The molecule has 0 saturated carbocycles. The van der Waals surface area contributed by atoms with Gasteiger partial charge in [0.25, 0.3) is 0 Å². The average Bonchev–Trinajstić information content (AvgIpc) is 3.16. The van der Waals surface area contributed by atoms with Gasteiger partial charge in [-0.25, -0.2) is 0 Å². The summed E-state index contributed by atoms with van der Waals surface area (Å²) in [6.45, 7) is 1.36. The smallest absolute Gasteiger partial charge is 0.244 e. The topological polar surface area (TPSA) is 54.8 Å². The molecule has 3 aromatic carbocycles. The maximum atomic E-state index is 4.65. The molecular weight excluding hydrogens is 334 g/mol. The molecule has 0 spiro atoms. The molecular formula is C22H21N5. The van der Waals surface area contributed by atoms with Crippen molar-refractivity contribution < 1.29 is 0 Å². The van der Waals surface area contributed by atoms with Crippen molar-refractivity contribution in [3.05, 3.63) is 102 Å². The number of nitrogens with zero attached hydrogens (tertiary/aromatic N) is 3. The van der Waals surface area contributed by atoms with Crippen LogP contribution in [0, 0.1) is 0 Å². The molecule has 0 unspecified atom stereocenters. The Hall–Kier alpha value is -3.60. The van der Waals surface area contributed by atoms with Crippen molar-refractivity contribution in [2.24, 2.45) is 0 Å². The van der Waals surface area contributed by atoms with E-state index in [2.05, 4.69) is 45.0 Å². The summed E-state index contributed by atoms with van der Waals surface area (Å²) in [6.07, 6.45) is 0. The summed E-state index contributed by atoms with van der Waals surface area (Å²) in [5.41, 5.74) is 3.35. The van der Waals surface area contributed by atoms with E-state index in [-0.39, 0.29) is 0 Å². The van der Waals surface area contributed by atoms with Gasteiger partial charge in [-0.15, -0.1) is 5.10 Å². The van der Waals surface area contributed by atoms with Crippen molar-refractivity contribution in [2.75, 3.05) is 10.6 Å². The van der Waals surface area contributed by atoms with Gasteiger partial charge >= 0.3 is 0 Å². The monoisotopic (exact) mass is 355 g/mol. The highest BCUT2D eigenvalue weighted by Crippen LogP contribution is 2.17. The summed E-state index contributed by atoms with van der Waals surface area (Å²) in [5, 5.41) is 11.3. The number of anilines is 2. The molecule has 4 rings (SSSR count). The minimum Gasteiger partial charge on any atom is -0.350 e. The molecule has 0 amide bonds. The van der Waals surface area contributed by atoms with Crippen molar-refractivity contribution in [3.8, 4) is 5.69 Å². The van der Waals surface area contributed by atoms with Crippen molar-refractivity contribution in [3.63, 3.8) is 0 Å². The van der Waals surface area contributed by atoms with E-state index in [4.69, 9.17) is 0 Å². The van der Waals surface area contributed by atoms with Crippen LogP contribution in [0.15, 0.2) is 91.0 Å². The van der Waals surface area contributed by atoms with E-state index in [0.29, 0.717) is 25.0 Å². The lowest BCUT2D eigenvalue weighted by Gasteiger charge is -2.07. The number of benzene rings is 3. The molecule has 5 nitrogen and oxygen atoms in total. The van der Waals surface area contributed by atoms with E-state index >= 15 is 0 Å². The molecule has 0 saturated heterocycles. The maximum absolute atomic E-state index is 4.65. The fraction of sp³-hybridized carbons (Fsp3) is 0.0909. The summed E-state index contributed by atoms with van der Waals surface area (Å²) >= 11 is 0. The summed E-state index contributed by atoms with van der Waals surface area (Å²) < 4.78 is 1.83. The number of hydrogen-bond donors (Lipinski definition) is 2. The van der Waals surface area contributed by atoms with Gasteiger partial charge < -0.3 is 10.6 Å². The van der Waals surface area contributed by atoms with Crippen molar-refractivity contribution in [1.82, 2.24) is 14.8 Å². The Morgan fingerprint density at radius 3 is 1.74 bits per heavy atom. The second-order valence-corrected chi connectivity index (χ2v) is 6.18. The zero-order chi connectivity index (χ0) is 18.3. The van der Waals surface area contributed by atoms with Gasteiger partial charge in [-0.3, -0.25) is 0 Å². The van der Waals surface area contributed by atoms with Crippen LogP contribution in [0.4, 0.5) is 11.9 Å². The first-order valence-corrected chi connectivity index (χ1v) is 8.96. The molecule has 1 heterocycles. The van der Waals surface area contributed by atoms with Gasteiger partial charge in [0.15, 0.2) is 0 Å². The molecule has 0 bridgehead atoms. The minimum absolute atomic E-state index is 0.596. The van der Waals surface area contributed by atoms with Crippen LogP contribution < -0.4 is 10.6 Å². The third-order valence-corrected chi connectivity index (χ3v) is 4.19. The van der Waals surface area contributed by atoms with E-state index in [9.17, 15) is 0 Å². The Bertz CT molecular complexity index is 966. The van der Waals surface area contributed by atoms with Crippen LogP contribution in [0.3, 0.4) is 0 Å². The number of nitrogens with one attached hydrogen (secondary N) is 2. The Balaban J connectivity index is 1.55. The first-order valence-electron chi connectivity index (χ1n) is 8.96. The largest absolute Gasteiger partial charge is 0.350 e. The van der Waals surface area contributed by atoms with Crippen LogP contribution in [0.25, 0.3) is 5.69 Å². The fourth-order valence-corrected chi connectivity index (χ4v) is 2.80. The number of rotatable bonds is 7. The summed E-state index contributed by atoms with van der Waals surface area (Å²) in [4.78, 5) is 4.65. The predicted molar refractivity (Wildman–Crippen MR) is 109 cm³/mol. The SMILES string of the molecule is c1ccc(CNc2nc(NCc3ccccc3)n(-c3ccccc3)n2)cc1. The number of para-hydroxylation sites is 1. The first kappa shape index (κ1) is 16.8. The normalized spacial score (nSPS) is 10.5. The summed E-state index contributed by atoms with van der Waals surface area (Å²) in [5.74, 6) is 1.30. The third-order valence-electron chi connectivity index (χ3n) is 4.19. The van der Waals surface area contributed by atoms with Gasteiger partial charge in [0.2, 0.25) is 11.9 Å². The second kappa shape index (κ2) is 8.19. The molecule has 1 aromatic heterocycles. The van der Waals surface area contributed by atoms with Crippen LogP contribution in [0.1, 0.15) is 11.1 Å². The van der Waals surface area contributed by atoms with Crippen LogP contribution >= 0.6 is 0 Å². The van der Waals surface area contributed by atoms with E-state index < -0.39 is 0 Å². The van der Waals surface area contributed by atoms with Gasteiger partial charge in [0.1, 0.15) is 0 Å². The summed E-state index contributed by atoms with van der Waals surface area (Å²) in [7, 11) is 0. The molecule has 0 aliphatic carbocycles. The fourth-order valence-electron chi connectivity index (χ4n) is 2.80. The number of hydrogen-bond acceptors (Lipinski definition) is 4. The lowest BCUT2D eigenvalue weighted by molar-refractivity contribution is 0.871. The molecule has 27 heavy (non-hydrogen) atoms. The summed E-state index contributed by atoms with van der Waals surface area (Å²) in [6, 6.07) is 30.5. The Labute approximate surface area is 158 Å². The van der Waals surface area contributed by atoms with Crippen LogP contribution in [0.2, 0.25) is 0 Å². The van der Waals surface area contributed by atoms with Gasteiger partial charge in [0.05, 0.1) is 5.69 Å². The lowest BCUT2D eigenvalue weighted by atomic mass is 10.2. The predicted octanol–water partition coefficient (Wildman–Crippen LogP) is 4.49. The van der Waals surface area contributed by atoms with Crippen LogP contribution in [0.5, 0.6) is 0 Å². The zero-order valence-electron chi connectivity index (χ0n) is 14.9. The van der Waals surface area contributed by atoms with Gasteiger partial charge in [-0.05, 0) is 23.3 Å². The molecule has 134 valence electrons. The first-order chi connectivity index (χ1) is 13.4. The highest BCUT2D eigenvalue weighted by molar-refractivity contribution is 5.45. The molecule has 2 N–H and O–H groups in total. The molecule has 0 aliphatic rings. The maximum Gasteiger partial charge on any atom is 0.244 e. The van der Waals surface area contributed by atoms with E-state index in [1.165, 1.54) is 11.1 Å². The Morgan fingerprint density at radius 2 is 1.15 bits per heavy atom. The lowest BCUT2D eigenvalue weighted by Crippen LogP contribution is -2.07. The van der Waals surface area contributed by atoms with Crippen molar-refractivity contribution >= 4 is 11.9 Å². The second-order valence-electron chi connectivity index (χ2n) is 6.18. The van der Waals surface area contributed by atoms with Gasteiger partial charge in [-0.2, -0.15) is 9.67 Å². The minimum atomic E-state index is 0.596. The van der Waals surface area contributed by atoms with Gasteiger partial charge in [0, 0.05) is 13.1 Å². The highest BCUT2D eigenvalue weighted by atomic mass is 15.4. The Kier molecular flexibility index (Phi) is 5.11. The molecule has 0 atom stereocenters. The highest BCUT2D eigenvalue weighted by Gasteiger charge is 2.11. The number of aromatic nitrogens is 3. The molecule has 0 fully saturated rings. The van der Waals surface area contributed by atoms with E-state index in [1.54, 1.807) is 0 Å². The van der Waals surface area contributed by atoms with Crippen molar-refractivity contribution in [2.45, 2.75) is 13.1 Å².